The van der Waals surface area contributed by atoms with Crippen LogP contribution in [-0.4, -0.2) is 104 Å². The highest BCUT2D eigenvalue weighted by Crippen LogP contribution is 2.41. The van der Waals surface area contributed by atoms with E-state index >= 15 is 0 Å². The first-order chi connectivity index (χ1) is 25.3. The molecule has 3 fully saturated rings. The highest BCUT2D eigenvalue weighted by molar-refractivity contribution is 6.27. The molecule has 3 aromatic carbocycles. The minimum Gasteiger partial charge on any atom is -0.351 e. The number of carbonyl (C=O) groups is 3. The molecule has 1 N–H and O–H groups in total. The number of carbonyl (C=O) groups excluding carboxylic acids is 3. The van der Waals surface area contributed by atoms with Crippen molar-refractivity contribution in [2.75, 3.05) is 49.1 Å². The van der Waals surface area contributed by atoms with Crippen molar-refractivity contribution in [3.05, 3.63) is 101 Å². The molecule has 3 saturated heterocycles. The quantitative estimate of drug-likeness (QED) is 0.241. The molecule has 9 rings (SSSR count). The molecule has 264 valence electrons. The SMILES string of the molecule is Cc1ncn(-c2ncc(F)c(N3CCN(C4CN(Cc5ccc(Cc6ccc7c8c(cccc68)C(=O)N7C6CCC(=O)NC6=O)cc5)C4)CC3)n2)n1. The molecule has 0 spiro atoms. The topological polar surface area (TPSA) is 133 Å². The molecule has 1 atom stereocenters. The molecule has 0 radical (unpaired) electrons. The van der Waals surface area contributed by atoms with Crippen LogP contribution in [0.3, 0.4) is 0 Å². The predicted octanol–water partition coefficient (Wildman–Crippen LogP) is 3.02. The van der Waals surface area contributed by atoms with Gasteiger partial charge in [-0.1, -0.05) is 42.5 Å². The van der Waals surface area contributed by atoms with E-state index in [1.165, 1.54) is 28.3 Å². The Morgan fingerprint density at radius 1 is 0.923 bits per heavy atom. The molecule has 13 nitrogen and oxygen atoms in total. The maximum absolute atomic E-state index is 14.7. The average molecular weight is 701 g/mol. The monoisotopic (exact) mass is 700 g/mol. The second-order valence-corrected chi connectivity index (χ2v) is 14.1. The van der Waals surface area contributed by atoms with E-state index in [1.807, 2.05) is 35.2 Å². The van der Waals surface area contributed by atoms with Crippen LogP contribution >= 0.6 is 0 Å². The van der Waals surface area contributed by atoms with Gasteiger partial charge in [0.15, 0.2) is 11.6 Å². The number of likely N-dealkylation sites (tertiary alicyclic amines) is 1. The molecule has 52 heavy (non-hydrogen) atoms. The number of benzene rings is 3. The number of aryl methyl sites for hydroxylation is 1. The summed E-state index contributed by atoms with van der Waals surface area (Å²) in [6.45, 7) is 7.72. The standard InChI is InChI=1S/C38H37FN10O3/c1-23-41-22-48(44-23)38-40-18-30(39)35(43-38)47-15-13-46(14-16-47)27-20-45(21-27)19-25-7-5-24(6-8-25)17-26-9-10-31-34-28(26)3-2-4-29(34)37(52)49(31)32-11-12-33(50)42-36(32)51/h2-10,18,22,27,32H,11-17,19-21H2,1H3,(H,42,50,51). The van der Waals surface area contributed by atoms with Gasteiger partial charge in [-0.05, 0) is 54.0 Å². The number of hydrogen-bond donors (Lipinski definition) is 1. The lowest BCUT2D eigenvalue weighted by Gasteiger charge is -2.48. The van der Waals surface area contributed by atoms with Crippen molar-refractivity contribution in [3.63, 3.8) is 0 Å². The van der Waals surface area contributed by atoms with E-state index in [9.17, 15) is 18.8 Å². The summed E-state index contributed by atoms with van der Waals surface area (Å²) < 4.78 is 16.2. The third kappa shape index (κ3) is 5.77. The number of rotatable bonds is 8. The summed E-state index contributed by atoms with van der Waals surface area (Å²) in [6, 6.07) is 18.3. The predicted molar refractivity (Wildman–Crippen MR) is 191 cm³/mol. The van der Waals surface area contributed by atoms with Crippen molar-refractivity contribution in [3.8, 4) is 5.95 Å². The first-order valence-electron chi connectivity index (χ1n) is 17.7. The summed E-state index contributed by atoms with van der Waals surface area (Å²) in [7, 11) is 0. The number of anilines is 2. The first-order valence-corrected chi connectivity index (χ1v) is 17.7. The Hall–Kier alpha value is -5.60. The van der Waals surface area contributed by atoms with Gasteiger partial charge < -0.3 is 4.90 Å². The largest absolute Gasteiger partial charge is 0.351 e. The normalized spacial score (nSPS) is 19.8. The number of nitrogens with zero attached hydrogens (tertiary/aromatic N) is 9. The highest BCUT2D eigenvalue weighted by atomic mass is 19.1. The van der Waals surface area contributed by atoms with Gasteiger partial charge in [-0.3, -0.25) is 34.4 Å². The van der Waals surface area contributed by atoms with Crippen LogP contribution in [0.15, 0.2) is 67.1 Å². The Labute approximate surface area is 299 Å². The van der Waals surface area contributed by atoms with Gasteiger partial charge in [0.25, 0.3) is 11.9 Å². The number of nitrogens with one attached hydrogen (secondary N) is 1. The zero-order chi connectivity index (χ0) is 35.5. The smallest absolute Gasteiger partial charge is 0.259 e. The van der Waals surface area contributed by atoms with Gasteiger partial charge in [0, 0.05) is 69.2 Å². The van der Waals surface area contributed by atoms with Crippen molar-refractivity contribution < 1.29 is 18.8 Å². The Kier molecular flexibility index (Phi) is 8.00. The summed E-state index contributed by atoms with van der Waals surface area (Å²) in [5, 5.41) is 8.51. The number of imide groups is 1. The van der Waals surface area contributed by atoms with Gasteiger partial charge in [-0.15, -0.1) is 5.10 Å². The summed E-state index contributed by atoms with van der Waals surface area (Å²) in [4.78, 5) is 59.1. The van der Waals surface area contributed by atoms with Crippen molar-refractivity contribution >= 4 is 40.0 Å². The third-order valence-electron chi connectivity index (χ3n) is 10.8. The minimum atomic E-state index is -0.697. The molecular weight excluding hydrogens is 663 g/mol. The number of piperazine rings is 1. The lowest BCUT2D eigenvalue weighted by atomic mass is 9.95. The van der Waals surface area contributed by atoms with Crippen LogP contribution in [0, 0.1) is 12.7 Å². The zero-order valence-corrected chi connectivity index (χ0v) is 28.7. The number of piperidine rings is 1. The van der Waals surface area contributed by atoms with Crippen molar-refractivity contribution in [2.24, 2.45) is 0 Å². The average Bonchev–Trinajstić information content (AvgIpc) is 3.69. The van der Waals surface area contributed by atoms with Gasteiger partial charge in [0.1, 0.15) is 18.2 Å². The molecule has 0 saturated carbocycles. The van der Waals surface area contributed by atoms with Crippen molar-refractivity contribution in [1.29, 1.82) is 0 Å². The maximum atomic E-state index is 14.7. The van der Waals surface area contributed by atoms with Gasteiger partial charge in [-0.2, -0.15) is 9.67 Å². The van der Waals surface area contributed by atoms with E-state index in [1.54, 1.807) is 11.8 Å². The number of aromatic nitrogens is 5. The number of amides is 3. The summed E-state index contributed by atoms with van der Waals surface area (Å²) in [5.41, 5.74) is 4.88. The van der Waals surface area contributed by atoms with E-state index in [0.29, 0.717) is 55.1 Å². The second kappa shape index (κ2) is 12.9. The number of hydrogen-bond acceptors (Lipinski definition) is 10. The molecule has 2 aromatic heterocycles. The van der Waals surface area contributed by atoms with Crippen LogP contribution in [0.4, 0.5) is 15.9 Å². The van der Waals surface area contributed by atoms with Crippen LogP contribution in [0.5, 0.6) is 0 Å². The summed E-state index contributed by atoms with van der Waals surface area (Å²) in [5.74, 6) is -0.145. The Balaban J connectivity index is 0.798. The van der Waals surface area contributed by atoms with Crippen LogP contribution < -0.4 is 15.1 Å². The summed E-state index contributed by atoms with van der Waals surface area (Å²) in [6.07, 6.45) is 3.98. The lowest BCUT2D eigenvalue weighted by Crippen LogP contribution is -2.62. The van der Waals surface area contributed by atoms with Gasteiger partial charge >= 0.3 is 0 Å². The van der Waals surface area contributed by atoms with E-state index in [4.69, 9.17) is 0 Å². The molecule has 5 aromatic rings. The highest BCUT2D eigenvalue weighted by Gasteiger charge is 2.41. The van der Waals surface area contributed by atoms with Crippen molar-refractivity contribution in [2.45, 2.75) is 44.8 Å². The molecule has 6 heterocycles. The minimum absolute atomic E-state index is 0.196. The molecular formula is C38H37FN10O3. The molecule has 14 heteroatoms. The molecule has 4 aliphatic rings. The van der Waals surface area contributed by atoms with Gasteiger partial charge in [0.2, 0.25) is 11.8 Å². The van der Waals surface area contributed by atoms with E-state index in [2.05, 4.69) is 59.4 Å². The molecule has 0 bridgehead atoms. The van der Waals surface area contributed by atoms with Crippen molar-refractivity contribution in [1.82, 2.24) is 39.8 Å². The molecule has 0 aliphatic carbocycles. The Morgan fingerprint density at radius 3 is 2.46 bits per heavy atom. The molecule has 4 aliphatic heterocycles. The number of halogens is 1. The fourth-order valence-electron chi connectivity index (χ4n) is 8.02. The van der Waals surface area contributed by atoms with E-state index in [-0.39, 0.29) is 18.2 Å². The van der Waals surface area contributed by atoms with E-state index in [0.717, 1.165) is 54.7 Å². The summed E-state index contributed by atoms with van der Waals surface area (Å²) >= 11 is 0. The van der Waals surface area contributed by atoms with E-state index < -0.39 is 17.8 Å². The maximum Gasteiger partial charge on any atom is 0.259 e. The van der Waals surface area contributed by atoms with Crippen LogP contribution in [0.1, 0.15) is 45.7 Å². The van der Waals surface area contributed by atoms with Crippen LogP contribution in [0.2, 0.25) is 0 Å². The van der Waals surface area contributed by atoms with Crippen LogP contribution in [0.25, 0.3) is 16.7 Å². The fourth-order valence-corrected chi connectivity index (χ4v) is 8.02. The molecule has 3 amide bonds. The van der Waals surface area contributed by atoms with Gasteiger partial charge in [0.05, 0.1) is 11.9 Å². The molecule has 1 unspecified atom stereocenters. The van der Waals surface area contributed by atoms with Gasteiger partial charge in [-0.25, -0.2) is 14.4 Å². The third-order valence-corrected chi connectivity index (χ3v) is 10.8. The second-order valence-electron chi connectivity index (χ2n) is 14.1. The fraction of sp³-hybridized carbons (Fsp3) is 0.342. The Bertz CT molecular complexity index is 2230. The first kappa shape index (κ1) is 32.3. The van der Waals surface area contributed by atoms with Crippen LogP contribution in [-0.2, 0) is 22.6 Å². The zero-order valence-electron chi connectivity index (χ0n) is 28.7. The lowest BCUT2D eigenvalue weighted by molar-refractivity contribution is -0.134. The Morgan fingerprint density at radius 2 is 1.71 bits per heavy atom.